The maximum absolute atomic E-state index is 13.7. The summed E-state index contributed by atoms with van der Waals surface area (Å²) in [5.41, 5.74) is -1.35. The number of amides is 2. The highest BCUT2D eigenvalue weighted by Crippen LogP contribution is 2.36. The molecular weight excluding hydrogens is 478 g/mol. The molecular formula is C31H51N3O4. The number of carbonyl (C=O) groups excluding carboxylic acids is 1. The van der Waals surface area contributed by atoms with Crippen LogP contribution >= 0.6 is 0 Å². The first-order valence-corrected chi connectivity index (χ1v) is 14.5. The topological polar surface area (TPSA) is 93.1 Å². The van der Waals surface area contributed by atoms with Crippen LogP contribution in [0.25, 0.3) is 0 Å². The Morgan fingerprint density at radius 2 is 1.68 bits per heavy atom. The molecule has 1 saturated carbocycles. The minimum Gasteiger partial charge on any atom is -0.465 e. The highest BCUT2D eigenvalue weighted by atomic mass is 16.4. The van der Waals surface area contributed by atoms with Crippen molar-refractivity contribution in [3.63, 3.8) is 0 Å². The number of β-amino-alcohol motifs (C(OH)–C–C–N with tert-alkyl or cyclic N) is 1. The maximum atomic E-state index is 13.7. The molecule has 0 bridgehead atoms. The monoisotopic (exact) mass is 529 g/mol. The Kier molecular flexibility index (Phi) is 9.91. The second-order valence-electron chi connectivity index (χ2n) is 13.7. The van der Waals surface area contributed by atoms with Crippen molar-refractivity contribution in [3.8, 4) is 0 Å². The van der Waals surface area contributed by atoms with Gasteiger partial charge in [0.25, 0.3) is 0 Å². The number of nitrogens with zero attached hydrogens (tertiary/aromatic N) is 2. The molecule has 0 unspecified atom stereocenters. The van der Waals surface area contributed by atoms with Gasteiger partial charge in [-0.15, -0.1) is 0 Å². The van der Waals surface area contributed by atoms with Crippen LogP contribution in [0, 0.1) is 5.92 Å². The van der Waals surface area contributed by atoms with Crippen molar-refractivity contribution in [2.24, 2.45) is 5.92 Å². The first kappa shape index (κ1) is 30.4. The van der Waals surface area contributed by atoms with Gasteiger partial charge in [0.1, 0.15) is 0 Å². The van der Waals surface area contributed by atoms with Gasteiger partial charge in [0, 0.05) is 17.6 Å². The van der Waals surface area contributed by atoms with Gasteiger partial charge < -0.3 is 15.5 Å². The molecule has 3 atom stereocenters. The summed E-state index contributed by atoms with van der Waals surface area (Å²) in [5, 5.41) is 25.9. The Morgan fingerprint density at radius 1 is 1.05 bits per heavy atom. The first-order chi connectivity index (χ1) is 17.7. The Labute approximate surface area is 230 Å². The molecule has 1 saturated heterocycles. The van der Waals surface area contributed by atoms with E-state index in [-0.39, 0.29) is 24.0 Å². The number of likely N-dealkylation sites (tertiary alicyclic amines) is 1. The van der Waals surface area contributed by atoms with Gasteiger partial charge in [-0.25, -0.2) is 4.79 Å². The summed E-state index contributed by atoms with van der Waals surface area (Å²) in [5.74, 6) is 0.512. The number of rotatable bonds is 8. The van der Waals surface area contributed by atoms with Crippen molar-refractivity contribution in [2.75, 3.05) is 13.1 Å². The number of carbonyl (C=O) groups is 2. The van der Waals surface area contributed by atoms with Crippen molar-refractivity contribution in [1.29, 1.82) is 0 Å². The van der Waals surface area contributed by atoms with E-state index in [2.05, 4.69) is 10.2 Å². The van der Waals surface area contributed by atoms with Crippen LogP contribution in [-0.2, 0) is 11.2 Å². The fraction of sp³-hybridized carbons (Fsp3) is 0.742. The number of piperidine rings is 1. The van der Waals surface area contributed by atoms with Gasteiger partial charge in [-0.3, -0.25) is 14.6 Å². The molecule has 7 nitrogen and oxygen atoms in total. The number of nitrogens with one attached hydrogen (secondary N) is 1. The largest absolute Gasteiger partial charge is 0.465 e. The summed E-state index contributed by atoms with van der Waals surface area (Å²) >= 11 is 0. The molecule has 2 aliphatic rings. The smallest absolute Gasteiger partial charge is 0.408 e. The van der Waals surface area contributed by atoms with E-state index in [0.717, 1.165) is 31.4 Å². The third-order valence-corrected chi connectivity index (χ3v) is 8.19. The van der Waals surface area contributed by atoms with Crippen molar-refractivity contribution in [1.82, 2.24) is 15.1 Å². The van der Waals surface area contributed by atoms with E-state index < -0.39 is 23.3 Å². The lowest BCUT2D eigenvalue weighted by atomic mass is 9.78. The van der Waals surface area contributed by atoms with E-state index in [1.807, 2.05) is 71.9 Å². The summed E-state index contributed by atoms with van der Waals surface area (Å²) in [6.45, 7) is 12.6. The van der Waals surface area contributed by atoms with Gasteiger partial charge in [-0.2, -0.15) is 0 Å². The fourth-order valence-electron chi connectivity index (χ4n) is 6.50. The van der Waals surface area contributed by atoms with Crippen molar-refractivity contribution in [2.45, 2.75) is 128 Å². The van der Waals surface area contributed by atoms with Crippen molar-refractivity contribution >= 4 is 12.0 Å². The molecule has 3 N–H and O–H groups in total. The van der Waals surface area contributed by atoms with Gasteiger partial charge in [-0.05, 0) is 85.3 Å². The summed E-state index contributed by atoms with van der Waals surface area (Å²) < 4.78 is 0. The molecule has 38 heavy (non-hydrogen) atoms. The van der Waals surface area contributed by atoms with Crippen LogP contribution in [-0.4, -0.2) is 73.9 Å². The van der Waals surface area contributed by atoms with Crippen LogP contribution in [0.5, 0.6) is 0 Å². The van der Waals surface area contributed by atoms with Crippen LogP contribution in [0.1, 0.15) is 98.5 Å². The summed E-state index contributed by atoms with van der Waals surface area (Å²) in [7, 11) is 0. The number of carboxylic acid groups (broad SMARTS) is 1. The molecule has 214 valence electrons. The van der Waals surface area contributed by atoms with Crippen molar-refractivity contribution in [3.05, 3.63) is 35.9 Å². The number of hydrogen-bond acceptors (Lipinski definition) is 4. The quantitative estimate of drug-likeness (QED) is 0.416. The van der Waals surface area contributed by atoms with Gasteiger partial charge in [0.15, 0.2) is 0 Å². The minimum absolute atomic E-state index is 0.0119. The highest BCUT2D eigenvalue weighted by Gasteiger charge is 2.49. The molecule has 1 heterocycles. The first-order valence-electron chi connectivity index (χ1n) is 14.5. The highest BCUT2D eigenvalue weighted by molar-refractivity contribution is 5.82. The van der Waals surface area contributed by atoms with Gasteiger partial charge in [-0.1, -0.05) is 62.4 Å². The third-order valence-electron chi connectivity index (χ3n) is 8.19. The minimum atomic E-state index is -1.29. The zero-order chi connectivity index (χ0) is 28.1. The summed E-state index contributed by atoms with van der Waals surface area (Å²) in [6, 6.07) is 8.83. The molecule has 2 fully saturated rings. The lowest BCUT2D eigenvalue weighted by Gasteiger charge is -2.52. The predicted octanol–water partition coefficient (Wildman–Crippen LogP) is 5.46. The molecule has 7 heteroatoms. The zero-order valence-electron chi connectivity index (χ0n) is 24.5. The predicted molar refractivity (Wildman–Crippen MR) is 152 cm³/mol. The lowest BCUT2D eigenvalue weighted by Crippen LogP contribution is -2.67. The molecule has 1 aliphatic heterocycles. The molecule has 1 aliphatic carbocycles. The SMILES string of the molecule is CC(C)(C)NC(=O)[C@H](CC1CCCCC1)N1CCC[C@](O)([C@H](Cc2ccccc2)N(C(=O)O)C(C)(C)C)C1. The van der Waals surface area contributed by atoms with Gasteiger partial charge in [0.2, 0.25) is 5.91 Å². The maximum Gasteiger partial charge on any atom is 0.408 e. The summed E-state index contributed by atoms with van der Waals surface area (Å²) in [6.07, 6.45) is 7.34. The Hall–Kier alpha value is -2.12. The van der Waals surface area contributed by atoms with Crippen LogP contribution in [0.15, 0.2) is 30.3 Å². The van der Waals surface area contributed by atoms with E-state index in [4.69, 9.17) is 0 Å². The van der Waals surface area contributed by atoms with Crippen LogP contribution < -0.4 is 5.32 Å². The van der Waals surface area contributed by atoms with Crippen LogP contribution in [0.3, 0.4) is 0 Å². The molecule has 3 rings (SSSR count). The Morgan fingerprint density at radius 3 is 2.24 bits per heavy atom. The normalized spacial score (nSPS) is 23.4. The molecule has 1 aromatic rings. The average molecular weight is 530 g/mol. The molecule has 1 aromatic carbocycles. The molecule has 0 aromatic heterocycles. The van der Waals surface area contributed by atoms with Crippen molar-refractivity contribution < 1.29 is 19.8 Å². The Bertz CT molecular complexity index is 917. The second kappa shape index (κ2) is 12.4. The zero-order valence-corrected chi connectivity index (χ0v) is 24.5. The molecule has 2 amide bonds. The van der Waals surface area contributed by atoms with E-state index in [1.54, 1.807) is 0 Å². The number of benzene rings is 1. The standard InChI is InChI=1S/C31H51N3O4/c1-29(2,3)32-27(35)25(20-23-14-9-7-10-15-23)33-19-13-18-31(38,22-33)26(21-24-16-11-8-12-17-24)34(28(36)37)30(4,5)6/h8,11-12,16-17,23,25-26,38H,7,9-10,13-15,18-22H2,1-6H3,(H,32,35)(H,36,37)/t25-,26-,31+/m0/s1. The second-order valence-corrected chi connectivity index (χ2v) is 13.7. The molecule has 0 radical (unpaired) electrons. The fourth-order valence-corrected chi connectivity index (χ4v) is 6.50. The van der Waals surface area contributed by atoms with E-state index >= 15 is 0 Å². The van der Waals surface area contributed by atoms with Gasteiger partial charge in [0.05, 0.1) is 17.7 Å². The average Bonchev–Trinajstić information content (AvgIpc) is 2.81. The third kappa shape index (κ3) is 8.19. The summed E-state index contributed by atoms with van der Waals surface area (Å²) in [4.78, 5) is 29.9. The van der Waals surface area contributed by atoms with E-state index in [0.29, 0.717) is 25.2 Å². The number of hydrogen-bond donors (Lipinski definition) is 3. The van der Waals surface area contributed by atoms with Crippen LogP contribution in [0.2, 0.25) is 0 Å². The van der Waals surface area contributed by atoms with Gasteiger partial charge >= 0.3 is 6.09 Å². The lowest BCUT2D eigenvalue weighted by molar-refractivity contribution is -0.137. The number of aliphatic hydroxyl groups is 1. The molecule has 0 spiro atoms. The van der Waals surface area contributed by atoms with E-state index in [1.165, 1.54) is 24.2 Å². The van der Waals surface area contributed by atoms with Crippen LogP contribution in [0.4, 0.5) is 4.79 Å². The van der Waals surface area contributed by atoms with E-state index in [9.17, 15) is 19.8 Å². The Balaban J connectivity index is 1.95.